The zero-order valence-corrected chi connectivity index (χ0v) is 17.5. The zero-order valence-electron chi connectivity index (χ0n) is 16.7. The number of amides is 2. The number of hydrogen-bond donors (Lipinski definition) is 2. The molecule has 7 nitrogen and oxygen atoms in total. The lowest BCUT2D eigenvalue weighted by atomic mass is 10.2. The Hall–Kier alpha value is -2.77. The summed E-state index contributed by atoms with van der Waals surface area (Å²) in [5.41, 5.74) is 2.54. The third-order valence-electron chi connectivity index (χ3n) is 4.65. The van der Waals surface area contributed by atoms with Gasteiger partial charge in [0, 0.05) is 31.1 Å². The summed E-state index contributed by atoms with van der Waals surface area (Å²) in [4.78, 5) is 26.3. The summed E-state index contributed by atoms with van der Waals surface area (Å²) in [5, 5.41) is 6.15. The lowest BCUT2D eigenvalue weighted by molar-refractivity contribution is -0.116. The number of hydrogen-bond acceptors (Lipinski definition) is 5. The van der Waals surface area contributed by atoms with Crippen LogP contribution in [0.5, 0.6) is 0 Å². The Morgan fingerprint density at radius 1 is 1.10 bits per heavy atom. The van der Waals surface area contributed by atoms with Crippen LogP contribution in [0.4, 0.5) is 16.2 Å². The molecule has 1 aliphatic rings. The van der Waals surface area contributed by atoms with Crippen molar-refractivity contribution in [3.63, 3.8) is 0 Å². The van der Waals surface area contributed by atoms with E-state index in [0.717, 1.165) is 24.3 Å². The number of nitrogens with one attached hydrogen (secondary N) is 2. The standard InChI is InChI=1S/C22H26ClN3O4/c23-18-8-9-20(26-11-13-29-14-12-26)19(15-18)25-21(27)7-4-10-24-22(28)30-16-17-5-2-1-3-6-17/h1-3,5-6,8-9,15H,4,7,10-14,16H2,(H,24,28)(H,25,27). The first-order chi connectivity index (χ1) is 14.6. The van der Waals surface area contributed by atoms with E-state index in [1.165, 1.54) is 0 Å². The maximum Gasteiger partial charge on any atom is 0.407 e. The van der Waals surface area contributed by atoms with E-state index < -0.39 is 6.09 Å². The number of alkyl carbamates (subject to hydrolysis) is 1. The second-order valence-electron chi connectivity index (χ2n) is 6.90. The number of halogens is 1. The van der Waals surface area contributed by atoms with Crippen LogP contribution >= 0.6 is 11.6 Å². The summed E-state index contributed by atoms with van der Waals surface area (Å²) in [6.45, 7) is 3.41. The highest BCUT2D eigenvalue weighted by Crippen LogP contribution is 2.30. The van der Waals surface area contributed by atoms with E-state index in [0.29, 0.717) is 36.9 Å². The summed E-state index contributed by atoms with van der Waals surface area (Å²) in [7, 11) is 0. The van der Waals surface area contributed by atoms with E-state index >= 15 is 0 Å². The largest absolute Gasteiger partial charge is 0.445 e. The molecule has 2 aromatic carbocycles. The summed E-state index contributed by atoms with van der Waals surface area (Å²) in [6.07, 6.45) is 0.275. The first-order valence-corrected chi connectivity index (χ1v) is 10.4. The molecule has 0 bridgehead atoms. The van der Waals surface area contributed by atoms with Gasteiger partial charge in [-0.15, -0.1) is 0 Å². The van der Waals surface area contributed by atoms with Crippen molar-refractivity contribution in [3.8, 4) is 0 Å². The molecule has 0 aromatic heterocycles. The van der Waals surface area contributed by atoms with E-state index in [9.17, 15) is 9.59 Å². The Kier molecular flexibility index (Phi) is 8.35. The quantitative estimate of drug-likeness (QED) is 0.621. The van der Waals surface area contributed by atoms with Gasteiger partial charge < -0.3 is 25.0 Å². The van der Waals surface area contributed by atoms with E-state index in [2.05, 4.69) is 15.5 Å². The van der Waals surface area contributed by atoms with Gasteiger partial charge in [0.1, 0.15) is 6.61 Å². The van der Waals surface area contributed by atoms with Crippen molar-refractivity contribution in [2.24, 2.45) is 0 Å². The molecule has 1 fully saturated rings. The fourth-order valence-corrected chi connectivity index (χ4v) is 3.29. The smallest absolute Gasteiger partial charge is 0.407 e. The highest BCUT2D eigenvalue weighted by atomic mass is 35.5. The molecule has 2 aromatic rings. The molecule has 0 unspecified atom stereocenters. The number of nitrogens with zero attached hydrogens (tertiary/aromatic N) is 1. The molecule has 8 heteroatoms. The van der Waals surface area contributed by atoms with Crippen LogP contribution in [-0.4, -0.2) is 44.8 Å². The third-order valence-corrected chi connectivity index (χ3v) is 4.88. The molecule has 0 radical (unpaired) electrons. The molecule has 0 atom stereocenters. The SMILES string of the molecule is O=C(CCCNC(=O)OCc1ccccc1)Nc1cc(Cl)ccc1N1CCOCC1. The lowest BCUT2D eigenvalue weighted by Gasteiger charge is -2.30. The van der Waals surface area contributed by atoms with Crippen LogP contribution in [0.2, 0.25) is 5.02 Å². The molecular weight excluding hydrogens is 406 g/mol. The van der Waals surface area contributed by atoms with Gasteiger partial charge in [0.05, 0.1) is 24.6 Å². The normalized spacial score (nSPS) is 13.6. The fraction of sp³-hybridized carbons (Fsp3) is 0.364. The van der Waals surface area contributed by atoms with Crippen LogP contribution in [0.1, 0.15) is 18.4 Å². The van der Waals surface area contributed by atoms with Crippen LogP contribution in [0, 0.1) is 0 Å². The van der Waals surface area contributed by atoms with Crippen molar-refractivity contribution in [3.05, 3.63) is 59.1 Å². The molecule has 2 N–H and O–H groups in total. The molecule has 0 spiro atoms. The van der Waals surface area contributed by atoms with E-state index in [-0.39, 0.29) is 18.9 Å². The van der Waals surface area contributed by atoms with Crippen molar-refractivity contribution in [2.75, 3.05) is 43.1 Å². The number of morpholine rings is 1. The van der Waals surface area contributed by atoms with Gasteiger partial charge in [-0.1, -0.05) is 41.9 Å². The van der Waals surface area contributed by atoms with Crippen molar-refractivity contribution in [1.29, 1.82) is 0 Å². The van der Waals surface area contributed by atoms with Crippen molar-refractivity contribution in [1.82, 2.24) is 5.32 Å². The summed E-state index contributed by atoms with van der Waals surface area (Å²) < 4.78 is 10.5. The van der Waals surface area contributed by atoms with Gasteiger partial charge in [-0.05, 0) is 30.2 Å². The maximum atomic E-state index is 12.4. The molecule has 30 heavy (non-hydrogen) atoms. The number of anilines is 2. The molecule has 1 heterocycles. The summed E-state index contributed by atoms with van der Waals surface area (Å²) in [6, 6.07) is 14.9. The van der Waals surface area contributed by atoms with E-state index in [4.69, 9.17) is 21.1 Å². The van der Waals surface area contributed by atoms with Gasteiger partial charge in [0.15, 0.2) is 0 Å². The highest BCUT2D eigenvalue weighted by Gasteiger charge is 2.16. The summed E-state index contributed by atoms with van der Waals surface area (Å²) in [5.74, 6) is -0.133. The van der Waals surface area contributed by atoms with Crippen molar-refractivity contribution < 1.29 is 19.1 Å². The van der Waals surface area contributed by atoms with Crippen molar-refractivity contribution in [2.45, 2.75) is 19.4 Å². The minimum atomic E-state index is -0.497. The Morgan fingerprint density at radius 2 is 1.87 bits per heavy atom. The molecule has 0 saturated carbocycles. The summed E-state index contributed by atoms with van der Waals surface area (Å²) >= 11 is 6.12. The Balaban J connectivity index is 1.40. The number of ether oxygens (including phenoxy) is 2. The molecule has 1 saturated heterocycles. The molecule has 0 aliphatic carbocycles. The van der Waals surface area contributed by atoms with Crippen LogP contribution in [0.3, 0.4) is 0 Å². The molecule has 1 aliphatic heterocycles. The Bertz CT molecular complexity index is 842. The van der Waals surface area contributed by atoms with Crippen LogP contribution in [-0.2, 0) is 20.9 Å². The topological polar surface area (TPSA) is 79.9 Å². The fourth-order valence-electron chi connectivity index (χ4n) is 3.11. The highest BCUT2D eigenvalue weighted by molar-refractivity contribution is 6.31. The van der Waals surface area contributed by atoms with Gasteiger partial charge in [0.2, 0.25) is 5.91 Å². The number of carbonyl (C=O) groups excluding carboxylic acids is 2. The predicted octanol–water partition coefficient (Wildman–Crippen LogP) is 3.82. The number of carbonyl (C=O) groups is 2. The lowest BCUT2D eigenvalue weighted by Crippen LogP contribution is -2.36. The molecule has 160 valence electrons. The maximum absolute atomic E-state index is 12.4. The average Bonchev–Trinajstić information content (AvgIpc) is 2.77. The van der Waals surface area contributed by atoms with E-state index in [1.807, 2.05) is 42.5 Å². The monoisotopic (exact) mass is 431 g/mol. The number of benzene rings is 2. The van der Waals surface area contributed by atoms with Crippen LogP contribution in [0.15, 0.2) is 48.5 Å². The van der Waals surface area contributed by atoms with Crippen LogP contribution < -0.4 is 15.5 Å². The van der Waals surface area contributed by atoms with Gasteiger partial charge in [-0.3, -0.25) is 4.79 Å². The predicted molar refractivity (Wildman–Crippen MR) is 117 cm³/mol. The van der Waals surface area contributed by atoms with Gasteiger partial charge in [-0.2, -0.15) is 0 Å². The molecule has 2 amide bonds. The minimum Gasteiger partial charge on any atom is -0.445 e. The van der Waals surface area contributed by atoms with Gasteiger partial charge >= 0.3 is 6.09 Å². The second kappa shape index (κ2) is 11.4. The molecular formula is C22H26ClN3O4. The Morgan fingerprint density at radius 3 is 2.63 bits per heavy atom. The van der Waals surface area contributed by atoms with Crippen LogP contribution in [0.25, 0.3) is 0 Å². The Labute approximate surface area is 181 Å². The first-order valence-electron chi connectivity index (χ1n) is 9.98. The molecule has 3 rings (SSSR count). The van der Waals surface area contributed by atoms with Crippen molar-refractivity contribution >= 4 is 35.0 Å². The van der Waals surface area contributed by atoms with Gasteiger partial charge in [0.25, 0.3) is 0 Å². The third kappa shape index (κ3) is 6.93. The van der Waals surface area contributed by atoms with Gasteiger partial charge in [-0.25, -0.2) is 4.79 Å². The second-order valence-corrected chi connectivity index (χ2v) is 7.34. The van der Waals surface area contributed by atoms with E-state index in [1.54, 1.807) is 6.07 Å². The zero-order chi connectivity index (χ0) is 21.2. The minimum absolute atomic E-state index is 0.133. The average molecular weight is 432 g/mol. The number of rotatable bonds is 8. The first kappa shape index (κ1) is 21.9.